The van der Waals surface area contributed by atoms with Gasteiger partial charge in [-0.2, -0.15) is 12.7 Å². The van der Waals surface area contributed by atoms with Crippen LogP contribution in [0.25, 0.3) is 22.2 Å². The molecule has 3 amide bonds. The van der Waals surface area contributed by atoms with Crippen molar-refractivity contribution in [2.45, 2.75) is 50.7 Å². The van der Waals surface area contributed by atoms with E-state index in [-0.39, 0.29) is 71.8 Å². The van der Waals surface area contributed by atoms with Crippen LogP contribution in [0.15, 0.2) is 67.0 Å². The number of nitrogens with one attached hydrogen (secondary N) is 4. The summed E-state index contributed by atoms with van der Waals surface area (Å²) >= 11 is 0. The Morgan fingerprint density at radius 3 is 2.35 bits per heavy atom. The third-order valence-electron chi connectivity index (χ3n) is 12.5. The van der Waals surface area contributed by atoms with Crippen molar-refractivity contribution in [1.82, 2.24) is 24.5 Å². The topological polar surface area (TPSA) is 200 Å². The van der Waals surface area contributed by atoms with Crippen LogP contribution in [0.5, 0.6) is 0 Å². The number of H-pyrrole nitrogens is 1. The number of amides is 3. The second-order valence-corrected chi connectivity index (χ2v) is 18.5. The molecule has 0 aliphatic carbocycles. The number of ketones is 1. The van der Waals surface area contributed by atoms with Gasteiger partial charge in [-0.05, 0) is 73.9 Å². The number of fused-ring (bicyclic) bond motifs is 1. The molecule has 66 heavy (non-hydrogen) atoms. The lowest BCUT2D eigenvalue weighted by Crippen LogP contribution is -2.52. The summed E-state index contributed by atoms with van der Waals surface area (Å²) < 4.78 is 89.8. The van der Waals surface area contributed by atoms with Crippen molar-refractivity contribution in [3.63, 3.8) is 0 Å². The van der Waals surface area contributed by atoms with Gasteiger partial charge < -0.3 is 30.1 Å². The summed E-state index contributed by atoms with van der Waals surface area (Å²) in [5.41, 5.74) is -1.19. The Kier molecular flexibility index (Phi) is 12.8. The highest BCUT2D eigenvalue weighted by molar-refractivity contribution is 7.90. The van der Waals surface area contributed by atoms with Crippen LogP contribution in [0.3, 0.4) is 0 Å². The quantitative estimate of drug-likeness (QED) is 0.0611. The Balaban J connectivity index is 0.867. The number of pyridine rings is 1. The van der Waals surface area contributed by atoms with Crippen molar-refractivity contribution in [3.8, 4) is 11.1 Å². The van der Waals surface area contributed by atoms with E-state index in [0.717, 1.165) is 16.4 Å². The maximum Gasteiger partial charge on any atom is 0.301 e. The first-order valence-electron chi connectivity index (χ1n) is 21.4. The summed E-state index contributed by atoms with van der Waals surface area (Å²) in [5, 5.41) is 16.8. The number of halogens is 4. The minimum atomic E-state index is -4.20. The zero-order chi connectivity index (χ0) is 47.1. The van der Waals surface area contributed by atoms with E-state index >= 15 is 17.6 Å². The molecular weight excluding hydrogens is 887 g/mol. The number of imide groups is 1. The standard InChI is InChI=1S/C45H47F4N9O7S/c1-3-55(2)66(64,65)54-35-8-7-32(46)40(41(35)49)42(61)31-25-51-43-30(31)20-26(24-50-43)29-6-5-28(22-33(29)47)56-16-18-58(19-17-56)39(60)23-45(63)12-14-57(15-13-45)37-10-4-27(21-34(37)48)52-36-9-11-38(59)53-44(36)62/h4-8,10,20-22,24-25,36,52,54,63H,3,9,11-19,23H2,1-2H3,(H,50,51)(H,53,59,62). The van der Waals surface area contributed by atoms with E-state index in [1.807, 2.05) is 9.62 Å². The third kappa shape index (κ3) is 9.40. The molecule has 3 aliphatic rings. The lowest BCUT2D eigenvalue weighted by Gasteiger charge is -2.41. The first-order chi connectivity index (χ1) is 31.4. The van der Waals surface area contributed by atoms with Gasteiger partial charge in [-0.25, -0.2) is 22.5 Å². The Hall–Kier alpha value is -6.58. The van der Waals surface area contributed by atoms with E-state index in [0.29, 0.717) is 62.8 Å². The number of piperazine rings is 1. The number of nitrogens with zero attached hydrogens (tertiary/aromatic N) is 5. The summed E-state index contributed by atoms with van der Waals surface area (Å²) in [6, 6.07) is 11.6. The Morgan fingerprint density at radius 2 is 1.67 bits per heavy atom. The van der Waals surface area contributed by atoms with Gasteiger partial charge in [0.2, 0.25) is 23.5 Å². The molecule has 348 valence electrons. The van der Waals surface area contributed by atoms with E-state index in [9.17, 15) is 32.7 Å². The Morgan fingerprint density at radius 1 is 0.924 bits per heavy atom. The van der Waals surface area contributed by atoms with Crippen molar-refractivity contribution in [2.75, 3.05) is 72.7 Å². The van der Waals surface area contributed by atoms with Crippen molar-refractivity contribution in [3.05, 3.63) is 101 Å². The number of hydrogen-bond donors (Lipinski definition) is 5. The number of anilines is 4. The first-order valence-corrected chi connectivity index (χ1v) is 22.8. The molecule has 0 bridgehead atoms. The Labute approximate surface area is 377 Å². The predicted molar refractivity (Wildman–Crippen MR) is 238 cm³/mol. The van der Waals surface area contributed by atoms with Gasteiger partial charge in [0.15, 0.2) is 5.82 Å². The average molecular weight is 934 g/mol. The number of rotatable bonds is 13. The Bertz CT molecular complexity index is 2850. The number of aromatic nitrogens is 2. The first kappa shape index (κ1) is 46.0. The molecule has 8 rings (SSSR count). The molecule has 3 fully saturated rings. The van der Waals surface area contributed by atoms with Crippen LogP contribution in [0.2, 0.25) is 0 Å². The second-order valence-electron chi connectivity index (χ2n) is 16.7. The van der Waals surface area contributed by atoms with Gasteiger partial charge in [-0.15, -0.1) is 0 Å². The van der Waals surface area contributed by atoms with Crippen LogP contribution in [0.4, 0.5) is 40.3 Å². The molecule has 3 aromatic carbocycles. The van der Waals surface area contributed by atoms with Crippen molar-refractivity contribution in [2.24, 2.45) is 0 Å². The summed E-state index contributed by atoms with van der Waals surface area (Å²) in [4.78, 5) is 63.1. The molecule has 5 aromatic rings. The molecule has 1 unspecified atom stereocenters. The van der Waals surface area contributed by atoms with Crippen LogP contribution < -0.4 is 25.2 Å². The fraction of sp³-hybridized carbons (Fsp3) is 0.356. The monoisotopic (exact) mass is 933 g/mol. The highest BCUT2D eigenvalue weighted by Crippen LogP contribution is 2.35. The zero-order valence-electron chi connectivity index (χ0n) is 36.0. The molecule has 3 saturated heterocycles. The average Bonchev–Trinajstić information content (AvgIpc) is 3.72. The lowest BCUT2D eigenvalue weighted by atomic mass is 9.87. The molecule has 21 heteroatoms. The number of carbonyl (C=O) groups is 4. The molecule has 16 nitrogen and oxygen atoms in total. The number of piperidine rings is 2. The number of hydrogen-bond acceptors (Lipinski definition) is 11. The van der Waals surface area contributed by atoms with E-state index in [2.05, 4.69) is 20.6 Å². The molecule has 2 aromatic heterocycles. The van der Waals surface area contributed by atoms with E-state index in [4.69, 9.17) is 0 Å². The summed E-state index contributed by atoms with van der Waals surface area (Å²) in [6.45, 7) is 3.67. The highest BCUT2D eigenvalue weighted by atomic mass is 32.2. The third-order valence-corrected chi connectivity index (χ3v) is 14.0. The van der Waals surface area contributed by atoms with Crippen LogP contribution in [0, 0.1) is 23.3 Å². The molecule has 0 radical (unpaired) electrons. The second kappa shape index (κ2) is 18.4. The maximum atomic E-state index is 15.9. The fourth-order valence-electron chi connectivity index (χ4n) is 8.47. The maximum absolute atomic E-state index is 15.9. The fourth-order valence-corrected chi connectivity index (χ4v) is 9.40. The van der Waals surface area contributed by atoms with Gasteiger partial charge in [-0.3, -0.25) is 29.2 Å². The summed E-state index contributed by atoms with van der Waals surface area (Å²) in [6.07, 6.45) is 3.45. The van der Waals surface area contributed by atoms with E-state index < -0.39 is 68.1 Å². The largest absolute Gasteiger partial charge is 0.389 e. The molecular formula is C45H47F4N9O7S. The molecule has 1 atom stereocenters. The van der Waals surface area contributed by atoms with Gasteiger partial charge in [0.25, 0.3) is 0 Å². The van der Waals surface area contributed by atoms with Gasteiger partial charge in [0.05, 0.1) is 29.0 Å². The number of aliphatic hydroxyl groups is 1. The van der Waals surface area contributed by atoms with Gasteiger partial charge in [-0.1, -0.05) is 6.92 Å². The smallest absolute Gasteiger partial charge is 0.301 e. The predicted octanol–water partition coefficient (Wildman–Crippen LogP) is 4.91. The van der Waals surface area contributed by atoms with E-state index in [1.165, 1.54) is 37.6 Å². The zero-order valence-corrected chi connectivity index (χ0v) is 36.8. The SMILES string of the molecule is CCN(C)S(=O)(=O)Nc1ccc(F)c(C(=O)c2c[nH]c3ncc(-c4ccc(N5CCN(C(=O)CC6(O)CCN(c7ccc(NC8CCC(=O)NC8=O)cc7F)CC6)CC5)cc4F)cc23)c1F. The molecule has 5 heterocycles. The van der Waals surface area contributed by atoms with E-state index in [1.54, 1.807) is 41.0 Å². The van der Waals surface area contributed by atoms with Crippen LogP contribution in [-0.2, 0) is 24.6 Å². The van der Waals surface area contributed by atoms with Crippen molar-refractivity contribution < 1.29 is 50.3 Å². The molecule has 3 aliphatic heterocycles. The number of benzene rings is 3. The number of carbonyl (C=O) groups excluding carboxylic acids is 4. The summed E-state index contributed by atoms with van der Waals surface area (Å²) in [7, 11) is -2.94. The minimum absolute atomic E-state index is 0.0650. The van der Waals surface area contributed by atoms with Crippen LogP contribution in [0.1, 0.15) is 54.9 Å². The molecule has 0 spiro atoms. The van der Waals surface area contributed by atoms with Gasteiger partial charge in [0.1, 0.15) is 29.1 Å². The van der Waals surface area contributed by atoms with Crippen molar-refractivity contribution >= 4 is 67.5 Å². The molecule has 0 saturated carbocycles. The van der Waals surface area contributed by atoms with Crippen LogP contribution >= 0.6 is 0 Å². The number of aromatic amines is 1. The normalized spacial score (nSPS) is 17.9. The van der Waals surface area contributed by atoms with Gasteiger partial charge in [0, 0.05) is 105 Å². The minimum Gasteiger partial charge on any atom is -0.389 e. The summed E-state index contributed by atoms with van der Waals surface area (Å²) in [5.74, 6) is -5.87. The molecule has 5 N–H and O–H groups in total. The van der Waals surface area contributed by atoms with Crippen LogP contribution in [-0.4, -0.2) is 121 Å². The highest BCUT2D eigenvalue weighted by Gasteiger charge is 2.37. The lowest BCUT2D eigenvalue weighted by molar-refractivity contribution is -0.138. The van der Waals surface area contributed by atoms with Gasteiger partial charge >= 0.3 is 10.2 Å². The van der Waals surface area contributed by atoms with Crippen molar-refractivity contribution in [1.29, 1.82) is 0 Å².